The van der Waals surface area contributed by atoms with Gasteiger partial charge in [0.25, 0.3) is 6.29 Å². The van der Waals surface area contributed by atoms with Gasteiger partial charge in [-0.2, -0.15) is 0 Å². The zero-order valence-electron chi connectivity index (χ0n) is 4.56. The third-order valence-corrected chi connectivity index (χ3v) is 0.942. The number of aromatic amines is 1. The maximum atomic E-state index is 9.86. The van der Waals surface area contributed by atoms with Crippen LogP contribution in [0.1, 0.15) is 11.4 Å². The summed E-state index contributed by atoms with van der Waals surface area (Å²) in [6.45, 7) is 1.89. The summed E-state index contributed by atoms with van der Waals surface area (Å²) in [5.74, 6) is 0. The summed E-state index contributed by atoms with van der Waals surface area (Å²) >= 11 is 0. The van der Waals surface area contributed by atoms with Crippen molar-refractivity contribution >= 4 is 6.29 Å². The lowest BCUT2D eigenvalue weighted by molar-refractivity contribution is 0.561. The maximum absolute atomic E-state index is 9.86. The van der Waals surface area contributed by atoms with Crippen LogP contribution in [-0.4, -0.2) is 11.3 Å². The number of hydrogen-bond acceptors (Lipinski definition) is 1. The van der Waals surface area contributed by atoms with E-state index in [1.807, 2.05) is 13.0 Å². The quantitative estimate of drug-likeness (QED) is 0.566. The summed E-state index contributed by atoms with van der Waals surface area (Å²) in [4.78, 5) is 12.7. The molecule has 1 heterocycles. The third kappa shape index (κ3) is 0.780. The number of aryl methyl sites for hydroxylation is 1. The Kier molecular flexibility index (Phi) is 1.16. The molecule has 1 rings (SSSR count). The van der Waals surface area contributed by atoms with E-state index in [-0.39, 0.29) is 0 Å². The minimum atomic E-state index is 0.516. The van der Waals surface area contributed by atoms with Crippen molar-refractivity contribution in [2.45, 2.75) is 6.92 Å². The third-order valence-electron chi connectivity index (χ3n) is 0.942. The molecule has 0 saturated heterocycles. The molecule has 0 bridgehead atoms. The number of nitrogens with one attached hydrogen (secondary N) is 1. The molecule has 0 saturated carbocycles. The van der Waals surface area contributed by atoms with Crippen LogP contribution in [0.3, 0.4) is 0 Å². The van der Waals surface area contributed by atoms with Gasteiger partial charge in [-0.3, -0.25) is 4.79 Å². The second-order valence-corrected chi connectivity index (χ2v) is 1.66. The van der Waals surface area contributed by atoms with Gasteiger partial charge in [-0.05, 0) is 19.1 Å². The normalized spacial score (nSPS) is 9.12. The lowest BCUT2D eigenvalue weighted by Gasteiger charge is -1.75. The van der Waals surface area contributed by atoms with Crippen LogP contribution in [-0.2, 0) is 4.79 Å². The Labute approximate surface area is 47.5 Å². The Morgan fingerprint density at radius 1 is 1.62 bits per heavy atom. The maximum Gasteiger partial charge on any atom is 0.251 e. The Morgan fingerprint density at radius 3 is 2.62 bits per heavy atom. The second-order valence-electron chi connectivity index (χ2n) is 1.66. The predicted molar refractivity (Wildman–Crippen MR) is 30.3 cm³/mol. The Morgan fingerprint density at radius 2 is 2.38 bits per heavy atom. The van der Waals surface area contributed by atoms with E-state index in [1.54, 1.807) is 12.4 Å². The van der Waals surface area contributed by atoms with E-state index in [1.165, 1.54) is 0 Å². The highest BCUT2D eigenvalue weighted by Crippen LogP contribution is 1.94. The Bertz CT molecular complexity index is 190. The highest BCUT2D eigenvalue weighted by molar-refractivity contribution is 5.72. The van der Waals surface area contributed by atoms with Gasteiger partial charge in [0, 0.05) is 5.69 Å². The van der Waals surface area contributed by atoms with Crippen molar-refractivity contribution in [1.82, 2.24) is 4.98 Å². The molecule has 1 aromatic rings. The van der Waals surface area contributed by atoms with Crippen LogP contribution in [0.25, 0.3) is 0 Å². The molecule has 2 nitrogen and oxygen atoms in total. The lowest BCUT2D eigenvalue weighted by atomic mass is 10.5. The molecular weight excluding hydrogens is 102 g/mol. The molecule has 0 fully saturated rings. The molecule has 8 heavy (non-hydrogen) atoms. The van der Waals surface area contributed by atoms with Gasteiger partial charge in [-0.1, -0.05) is 0 Å². The van der Waals surface area contributed by atoms with Gasteiger partial charge in [0.1, 0.15) is 0 Å². The molecule has 0 spiro atoms. The lowest BCUT2D eigenvalue weighted by Crippen LogP contribution is -1.76. The number of aromatic nitrogens is 1. The minimum Gasteiger partial charge on any atom is -0.356 e. The van der Waals surface area contributed by atoms with Gasteiger partial charge in [0.05, 0.1) is 5.69 Å². The fourth-order valence-electron chi connectivity index (χ4n) is 0.564. The van der Waals surface area contributed by atoms with Crippen molar-refractivity contribution in [2.24, 2.45) is 0 Å². The molecular formula is C6H6NO. The average Bonchev–Trinajstić information content (AvgIpc) is 2.14. The minimum absolute atomic E-state index is 0.516. The zero-order chi connectivity index (χ0) is 5.98. The second kappa shape index (κ2) is 1.82. The molecule has 0 aromatic carbocycles. The number of hydrogen-bond donors (Lipinski definition) is 1. The van der Waals surface area contributed by atoms with Crippen LogP contribution in [0, 0.1) is 6.92 Å². The standard InChI is InChI=1S/C6H6NO/c1-5-2-3-6(4-8)7-5/h2-3,7H,1H3. The molecule has 0 amide bonds. The molecule has 0 aliphatic carbocycles. The van der Waals surface area contributed by atoms with Crippen LogP contribution < -0.4 is 0 Å². The Hall–Kier alpha value is -1.05. The van der Waals surface area contributed by atoms with Gasteiger partial charge in [-0.25, -0.2) is 0 Å². The van der Waals surface area contributed by atoms with Crippen molar-refractivity contribution < 1.29 is 4.79 Å². The largest absolute Gasteiger partial charge is 0.356 e. The van der Waals surface area contributed by atoms with Crippen molar-refractivity contribution in [3.63, 3.8) is 0 Å². The molecule has 1 N–H and O–H groups in total. The van der Waals surface area contributed by atoms with Gasteiger partial charge in [-0.15, -0.1) is 0 Å². The predicted octanol–water partition coefficient (Wildman–Crippen LogP) is 0.781. The molecule has 0 aliphatic rings. The topological polar surface area (TPSA) is 32.9 Å². The Balaban J connectivity index is 3.00. The van der Waals surface area contributed by atoms with E-state index >= 15 is 0 Å². The van der Waals surface area contributed by atoms with Crippen LogP contribution in [0.4, 0.5) is 0 Å². The first-order chi connectivity index (χ1) is 3.83. The fourth-order valence-corrected chi connectivity index (χ4v) is 0.564. The van der Waals surface area contributed by atoms with Crippen LogP contribution in [0.5, 0.6) is 0 Å². The fraction of sp³-hybridized carbons (Fsp3) is 0.167. The van der Waals surface area contributed by atoms with Gasteiger partial charge < -0.3 is 4.98 Å². The van der Waals surface area contributed by atoms with E-state index in [0.29, 0.717) is 5.69 Å². The summed E-state index contributed by atoms with van der Waals surface area (Å²) in [5.41, 5.74) is 1.51. The first-order valence-corrected chi connectivity index (χ1v) is 2.36. The van der Waals surface area contributed by atoms with Crippen molar-refractivity contribution in [2.75, 3.05) is 0 Å². The molecule has 1 aromatic heterocycles. The van der Waals surface area contributed by atoms with E-state index < -0.39 is 0 Å². The molecule has 0 unspecified atom stereocenters. The smallest absolute Gasteiger partial charge is 0.251 e. The number of H-pyrrole nitrogens is 1. The van der Waals surface area contributed by atoms with Crippen molar-refractivity contribution in [1.29, 1.82) is 0 Å². The van der Waals surface area contributed by atoms with E-state index in [0.717, 1.165) is 5.69 Å². The van der Waals surface area contributed by atoms with Crippen molar-refractivity contribution in [3.8, 4) is 0 Å². The van der Waals surface area contributed by atoms with Gasteiger partial charge in [0.15, 0.2) is 0 Å². The van der Waals surface area contributed by atoms with E-state index in [2.05, 4.69) is 4.98 Å². The summed E-state index contributed by atoms with van der Waals surface area (Å²) in [6, 6.07) is 3.53. The first-order valence-electron chi connectivity index (χ1n) is 2.36. The molecule has 1 radical (unpaired) electrons. The van der Waals surface area contributed by atoms with Crippen LogP contribution in [0.15, 0.2) is 12.1 Å². The molecule has 41 valence electrons. The van der Waals surface area contributed by atoms with E-state index in [4.69, 9.17) is 0 Å². The van der Waals surface area contributed by atoms with Crippen molar-refractivity contribution in [3.05, 3.63) is 23.5 Å². The van der Waals surface area contributed by atoms with Crippen LogP contribution in [0.2, 0.25) is 0 Å². The van der Waals surface area contributed by atoms with E-state index in [9.17, 15) is 4.79 Å². The molecule has 0 atom stereocenters. The highest BCUT2D eigenvalue weighted by Gasteiger charge is 1.89. The van der Waals surface area contributed by atoms with Gasteiger partial charge in [0.2, 0.25) is 0 Å². The monoisotopic (exact) mass is 108 g/mol. The summed E-state index contributed by atoms with van der Waals surface area (Å²) in [5, 5.41) is 0. The number of rotatable bonds is 1. The van der Waals surface area contributed by atoms with Gasteiger partial charge >= 0.3 is 0 Å². The SMILES string of the molecule is Cc1ccc([C]=O)[nH]1. The molecule has 2 heteroatoms. The number of carbonyl (C=O) groups excluding carboxylic acids is 1. The summed E-state index contributed by atoms with van der Waals surface area (Å²) in [7, 11) is 0. The average molecular weight is 108 g/mol. The summed E-state index contributed by atoms with van der Waals surface area (Å²) in [6.07, 6.45) is 1.74. The highest BCUT2D eigenvalue weighted by atomic mass is 16.1. The molecule has 0 aliphatic heterocycles. The van der Waals surface area contributed by atoms with Crippen LogP contribution >= 0.6 is 0 Å². The first kappa shape index (κ1) is 5.09. The zero-order valence-corrected chi connectivity index (χ0v) is 4.56. The summed E-state index contributed by atoms with van der Waals surface area (Å²) < 4.78 is 0.